The van der Waals surface area contributed by atoms with Crippen molar-refractivity contribution < 1.29 is 13.9 Å². The van der Waals surface area contributed by atoms with Gasteiger partial charge in [-0.05, 0) is 59.9 Å². The van der Waals surface area contributed by atoms with Crippen LogP contribution in [0, 0.1) is 5.92 Å². The third kappa shape index (κ3) is 5.16. The Bertz CT molecular complexity index is 1070. The van der Waals surface area contributed by atoms with Crippen molar-refractivity contribution >= 4 is 40.0 Å². The number of nitrogens with zero attached hydrogens (tertiary/aromatic N) is 1. The largest absolute Gasteiger partial charge is 0.495 e. The summed E-state index contributed by atoms with van der Waals surface area (Å²) >= 11 is 5.29. The molecule has 0 saturated heterocycles. The molecule has 30 heavy (non-hydrogen) atoms. The fourth-order valence-electron chi connectivity index (χ4n) is 3.07. The number of fused-ring (bicyclic) bond motifs is 1. The molecule has 0 spiro atoms. The van der Waals surface area contributed by atoms with E-state index in [1.54, 1.807) is 7.11 Å². The van der Waals surface area contributed by atoms with Gasteiger partial charge in [-0.1, -0.05) is 33.8 Å². The molecule has 0 unspecified atom stereocenters. The summed E-state index contributed by atoms with van der Waals surface area (Å²) < 4.78 is 11.4. The van der Waals surface area contributed by atoms with Gasteiger partial charge in [0.1, 0.15) is 11.3 Å². The summed E-state index contributed by atoms with van der Waals surface area (Å²) in [7, 11) is 1.58. The van der Waals surface area contributed by atoms with Gasteiger partial charge in [0.15, 0.2) is 10.7 Å². The number of hydrogen-bond donors (Lipinski definition) is 2. The lowest BCUT2D eigenvalue weighted by Gasteiger charge is -2.14. The Labute approximate surface area is 182 Å². The normalized spacial score (nSPS) is 11.2. The maximum absolute atomic E-state index is 12.0. The molecule has 3 aromatic rings. The second kappa shape index (κ2) is 9.26. The Kier molecular flexibility index (Phi) is 6.72. The number of hydrogen-bond acceptors (Lipinski definition) is 5. The summed E-state index contributed by atoms with van der Waals surface area (Å²) in [5.74, 6) is 1.64. The predicted molar refractivity (Wildman–Crippen MR) is 124 cm³/mol. The van der Waals surface area contributed by atoms with Crippen LogP contribution in [0.25, 0.3) is 22.6 Å². The van der Waals surface area contributed by atoms with Gasteiger partial charge in [-0.3, -0.25) is 4.79 Å². The first-order valence-corrected chi connectivity index (χ1v) is 10.4. The average Bonchev–Trinajstić information content (AvgIpc) is 3.10. The molecular weight excluding hydrogens is 398 g/mol. The Morgan fingerprint density at radius 2 is 1.93 bits per heavy atom. The number of carbonyl (C=O) groups is 1. The number of carbonyl (C=O) groups excluding carboxylic acids is 1. The number of ether oxygens (including phenoxy) is 1. The van der Waals surface area contributed by atoms with Crippen LogP contribution < -0.4 is 15.4 Å². The molecule has 1 heterocycles. The number of benzene rings is 2. The molecule has 0 aliphatic rings. The summed E-state index contributed by atoms with van der Waals surface area (Å²) in [6.07, 6.45) is 0.403. The number of nitrogens with one attached hydrogen (secondary N) is 2. The molecule has 0 bridgehead atoms. The third-order valence-electron chi connectivity index (χ3n) is 4.62. The number of anilines is 1. The molecule has 1 aromatic heterocycles. The highest BCUT2D eigenvalue weighted by Crippen LogP contribution is 2.32. The number of methoxy groups -OCH3 is 1. The number of rotatable bonds is 6. The van der Waals surface area contributed by atoms with E-state index in [0.29, 0.717) is 29.7 Å². The minimum Gasteiger partial charge on any atom is -0.495 e. The Hall–Kier alpha value is -2.93. The lowest BCUT2D eigenvalue weighted by Crippen LogP contribution is -2.34. The molecule has 7 heteroatoms. The SMILES string of the molecule is COc1ccc(-c2nc3cc(C(C)C)ccc3o2)cc1NC(=S)NC(=O)CC(C)C. The minimum absolute atomic E-state index is 0.127. The van der Waals surface area contributed by atoms with Crippen LogP contribution in [0.15, 0.2) is 40.8 Å². The summed E-state index contributed by atoms with van der Waals surface area (Å²) in [4.78, 5) is 16.6. The highest BCUT2D eigenvalue weighted by Gasteiger charge is 2.14. The Morgan fingerprint density at radius 1 is 1.17 bits per heavy atom. The molecule has 0 radical (unpaired) electrons. The summed E-state index contributed by atoms with van der Waals surface area (Å²) in [5.41, 5.74) is 4.16. The van der Waals surface area contributed by atoms with Gasteiger partial charge >= 0.3 is 0 Å². The molecule has 2 aromatic carbocycles. The van der Waals surface area contributed by atoms with Gasteiger partial charge in [0.2, 0.25) is 11.8 Å². The maximum Gasteiger partial charge on any atom is 0.227 e. The zero-order valence-electron chi connectivity index (χ0n) is 17.9. The molecule has 0 aliphatic carbocycles. The van der Waals surface area contributed by atoms with Crippen molar-refractivity contribution in [1.82, 2.24) is 10.3 Å². The zero-order valence-corrected chi connectivity index (χ0v) is 18.7. The topological polar surface area (TPSA) is 76.4 Å². The molecular formula is C23H27N3O3S. The zero-order chi connectivity index (χ0) is 21.8. The third-order valence-corrected chi connectivity index (χ3v) is 4.82. The molecule has 0 atom stereocenters. The van der Waals surface area contributed by atoms with Gasteiger partial charge in [-0.15, -0.1) is 0 Å². The highest BCUT2D eigenvalue weighted by molar-refractivity contribution is 7.80. The molecule has 1 amide bonds. The standard InChI is InChI=1S/C23H27N3O3S/c1-13(2)10-21(27)26-23(30)25-17-12-16(7-8-19(17)28-5)22-24-18-11-15(14(3)4)6-9-20(18)29-22/h6-9,11-14H,10H2,1-5H3,(H2,25,26,27,30). The van der Waals surface area contributed by atoms with Crippen molar-refractivity contribution in [2.24, 2.45) is 5.92 Å². The van der Waals surface area contributed by atoms with Crippen molar-refractivity contribution in [3.8, 4) is 17.2 Å². The second-order valence-electron chi connectivity index (χ2n) is 7.92. The van der Waals surface area contributed by atoms with Crippen LogP contribution in [0.2, 0.25) is 0 Å². The van der Waals surface area contributed by atoms with Crippen LogP contribution >= 0.6 is 12.2 Å². The first-order chi connectivity index (χ1) is 14.3. The van der Waals surface area contributed by atoms with E-state index in [1.807, 2.05) is 38.1 Å². The lowest BCUT2D eigenvalue weighted by molar-refractivity contribution is -0.120. The predicted octanol–water partition coefficient (Wildman–Crippen LogP) is 5.49. The fourth-order valence-corrected chi connectivity index (χ4v) is 3.29. The molecule has 0 saturated carbocycles. The van der Waals surface area contributed by atoms with Crippen molar-refractivity contribution in [2.45, 2.75) is 40.0 Å². The van der Waals surface area contributed by atoms with Crippen LogP contribution in [0.5, 0.6) is 5.75 Å². The van der Waals surface area contributed by atoms with Crippen molar-refractivity contribution in [1.29, 1.82) is 0 Å². The van der Waals surface area contributed by atoms with Crippen molar-refractivity contribution in [3.63, 3.8) is 0 Å². The minimum atomic E-state index is -0.127. The van der Waals surface area contributed by atoms with Crippen LogP contribution in [0.1, 0.15) is 45.6 Å². The number of amides is 1. The van der Waals surface area contributed by atoms with Gasteiger partial charge in [-0.2, -0.15) is 0 Å². The first-order valence-electron chi connectivity index (χ1n) is 9.96. The Morgan fingerprint density at radius 3 is 2.60 bits per heavy atom. The monoisotopic (exact) mass is 425 g/mol. The van der Waals surface area contributed by atoms with E-state index in [-0.39, 0.29) is 16.9 Å². The quantitative estimate of drug-likeness (QED) is 0.509. The van der Waals surface area contributed by atoms with Gasteiger partial charge < -0.3 is 19.8 Å². The van der Waals surface area contributed by atoms with Gasteiger partial charge in [-0.25, -0.2) is 4.98 Å². The average molecular weight is 426 g/mol. The van der Waals surface area contributed by atoms with E-state index >= 15 is 0 Å². The van der Waals surface area contributed by atoms with Crippen LogP contribution in [-0.2, 0) is 4.79 Å². The molecule has 0 fully saturated rings. The van der Waals surface area contributed by atoms with Crippen molar-refractivity contribution in [2.75, 3.05) is 12.4 Å². The number of aromatic nitrogens is 1. The van der Waals surface area contributed by atoms with Gasteiger partial charge in [0, 0.05) is 12.0 Å². The smallest absolute Gasteiger partial charge is 0.227 e. The fraction of sp³-hybridized carbons (Fsp3) is 0.348. The Balaban J connectivity index is 1.86. The van der Waals surface area contributed by atoms with Crippen molar-refractivity contribution in [3.05, 3.63) is 42.0 Å². The number of oxazole rings is 1. The van der Waals surface area contributed by atoms with Crippen LogP contribution in [0.4, 0.5) is 5.69 Å². The summed E-state index contributed by atoms with van der Waals surface area (Å²) in [5, 5.41) is 5.95. The molecule has 3 rings (SSSR count). The van der Waals surface area contributed by atoms with E-state index in [0.717, 1.165) is 16.7 Å². The maximum atomic E-state index is 12.0. The van der Waals surface area contributed by atoms with E-state index in [2.05, 4.69) is 41.6 Å². The van der Waals surface area contributed by atoms with Gasteiger partial charge in [0.25, 0.3) is 0 Å². The van der Waals surface area contributed by atoms with Crippen LogP contribution in [-0.4, -0.2) is 23.1 Å². The second-order valence-corrected chi connectivity index (χ2v) is 8.32. The van der Waals surface area contributed by atoms with Gasteiger partial charge in [0.05, 0.1) is 12.8 Å². The number of thiocarbonyl (C=S) groups is 1. The van der Waals surface area contributed by atoms with E-state index < -0.39 is 0 Å². The lowest BCUT2D eigenvalue weighted by atomic mass is 10.0. The molecule has 2 N–H and O–H groups in total. The van der Waals surface area contributed by atoms with E-state index in [9.17, 15) is 4.79 Å². The molecule has 158 valence electrons. The van der Waals surface area contributed by atoms with Crippen LogP contribution in [0.3, 0.4) is 0 Å². The van der Waals surface area contributed by atoms with E-state index in [1.165, 1.54) is 5.56 Å². The summed E-state index contributed by atoms with van der Waals surface area (Å²) in [6.45, 7) is 8.25. The highest BCUT2D eigenvalue weighted by atomic mass is 32.1. The summed E-state index contributed by atoms with van der Waals surface area (Å²) in [6, 6.07) is 11.6. The first kappa shape index (κ1) is 21.8. The molecule has 0 aliphatic heterocycles. The molecule has 6 nitrogen and oxygen atoms in total. The van der Waals surface area contributed by atoms with E-state index in [4.69, 9.17) is 21.4 Å².